The highest BCUT2D eigenvalue weighted by molar-refractivity contribution is 6.38. The normalized spacial score (nSPS) is 16.2. The molecule has 0 aromatic heterocycles. The van der Waals surface area contributed by atoms with Crippen molar-refractivity contribution in [1.82, 2.24) is 36.8 Å². The molecule has 22 nitrogen and oxygen atoms in total. The number of Topliss-reactive ketones (excluding diaryl/α,β-unsaturated/α-hetero) is 1. The molecule has 0 saturated carbocycles. The second kappa shape index (κ2) is 24.8. The molecule has 1 heterocycles. The summed E-state index contributed by atoms with van der Waals surface area (Å²) in [4.78, 5) is 139. The van der Waals surface area contributed by atoms with Gasteiger partial charge in [0.25, 0.3) is 5.91 Å². The number of hydrogen-bond donors (Lipinski definition) is 10. The Kier molecular flexibility index (Phi) is 21.4. The number of carboxylic acid groups (broad SMARTS) is 3. The van der Waals surface area contributed by atoms with Crippen molar-refractivity contribution in [3.8, 4) is 0 Å². The van der Waals surface area contributed by atoms with E-state index in [1.54, 1.807) is 20.8 Å². The van der Waals surface area contributed by atoms with Crippen LogP contribution in [0.3, 0.4) is 0 Å². The second-order valence-corrected chi connectivity index (χ2v) is 13.9. The van der Waals surface area contributed by atoms with Gasteiger partial charge in [0, 0.05) is 26.3 Å². The zero-order chi connectivity index (χ0) is 43.4. The third-order valence-electron chi connectivity index (χ3n) is 8.85. The number of aliphatic carboxylic acids is 3. The lowest BCUT2D eigenvalue weighted by atomic mass is 10.00. The summed E-state index contributed by atoms with van der Waals surface area (Å²) in [6, 6.07) is -7.93. The summed E-state index contributed by atoms with van der Waals surface area (Å²) in [5.41, 5.74) is 5.67. The van der Waals surface area contributed by atoms with Crippen molar-refractivity contribution < 1.29 is 68.1 Å². The van der Waals surface area contributed by atoms with E-state index in [9.17, 15) is 57.8 Å². The molecule has 1 rings (SSSR count). The maximum absolute atomic E-state index is 14.0. The fourth-order valence-corrected chi connectivity index (χ4v) is 5.93. The molecule has 0 radical (unpaired) electrons. The van der Waals surface area contributed by atoms with Gasteiger partial charge in [0.15, 0.2) is 0 Å². The summed E-state index contributed by atoms with van der Waals surface area (Å²) in [5.74, 6) is -11.6. The minimum atomic E-state index is -1.55. The highest BCUT2D eigenvalue weighted by atomic mass is 16.4. The number of nitrogens with zero attached hydrogens (tertiary/aromatic N) is 1. The molecular weight excluding hydrogens is 756 g/mol. The van der Waals surface area contributed by atoms with E-state index in [4.69, 9.17) is 15.9 Å². The molecule has 0 bridgehead atoms. The highest BCUT2D eigenvalue weighted by Gasteiger charge is 2.41. The lowest BCUT2D eigenvalue weighted by Gasteiger charge is -2.32. The van der Waals surface area contributed by atoms with Crippen LogP contribution in [0.15, 0.2) is 0 Å². The number of likely N-dealkylation sites (tertiary alicyclic amines) is 1. The van der Waals surface area contributed by atoms with Crippen LogP contribution in [-0.2, 0) is 52.7 Å². The lowest BCUT2D eigenvalue weighted by molar-refractivity contribution is -0.145. The van der Waals surface area contributed by atoms with E-state index in [1.807, 2.05) is 5.32 Å². The molecule has 320 valence electrons. The molecule has 6 atom stereocenters. The molecule has 57 heavy (non-hydrogen) atoms. The van der Waals surface area contributed by atoms with Crippen molar-refractivity contribution in [2.45, 2.75) is 128 Å². The molecule has 6 unspecified atom stereocenters. The maximum Gasteiger partial charge on any atom is 0.322 e. The molecule has 1 aliphatic rings. The van der Waals surface area contributed by atoms with Crippen molar-refractivity contribution in [2.24, 2.45) is 11.7 Å². The molecule has 1 saturated heterocycles. The number of rotatable bonds is 26. The van der Waals surface area contributed by atoms with Crippen molar-refractivity contribution >= 4 is 65.0 Å². The van der Waals surface area contributed by atoms with Gasteiger partial charge in [-0.2, -0.15) is 0 Å². The Hall–Kier alpha value is -5.67. The summed E-state index contributed by atoms with van der Waals surface area (Å²) in [5, 5.41) is 41.3. The van der Waals surface area contributed by atoms with E-state index < -0.39 is 133 Å². The van der Waals surface area contributed by atoms with Gasteiger partial charge in [-0.25, -0.2) is 0 Å². The van der Waals surface area contributed by atoms with Gasteiger partial charge < -0.3 is 57.9 Å². The molecular formula is C35H56N8O14. The van der Waals surface area contributed by atoms with Crippen molar-refractivity contribution in [3.05, 3.63) is 0 Å². The maximum atomic E-state index is 14.0. The van der Waals surface area contributed by atoms with Gasteiger partial charge in [0.2, 0.25) is 41.2 Å². The molecule has 11 N–H and O–H groups in total. The van der Waals surface area contributed by atoms with Gasteiger partial charge in [0.1, 0.15) is 36.8 Å². The first-order valence-corrected chi connectivity index (χ1v) is 18.7. The third-order valence-corrected chi connectivity index (χ3v) is 8.85. The summed E-state index contributed by atoms with van der Waals surface area (Å²) < 4.78 is 0. The van der Waals surface area contributed by atoms with Crippen LogP contribution < -0.4 is 37.6 Å². The van der Waals surface area contributed by atoms with Gasteiger partial charge in [-0.15, -0.1) is 0 Å². The van der Waals surface area contributed by atoms with E-state index in [0.717, 1.165) is 6.92 Å². The van der Waals surface area contributed by atoms with Crippen LogP contribution >= 0.6 is 0 Å². The number of nitrogens with one attached hydrogen (secondary N) is 6. The van der Waals surface area contributed by atoms with Gasteiger partial charge in [-0.1, -0.05) is 27.2 Å². The molecule has 1 fully saturated rings. The minimum Gasteiger partial charge on any atom is -0.481 e. The average molecular weight is 813 g/mol. The standard InChI is InChI=1S/C35H56N8O14/c1-5-8-20(29(51)34(56)37-17-27(49)50)39-33(55)24-10-7-16-43(24)35(57)28(18(2)3)42-32(54)21(9-6-15-36)40-31(53)23(12-14-26(47)48)41-30(52)22(38-19(4)44)11-13-25(45)46/h18,20-24,28H,5-17,36H2,1-4H3,(H,37,56)(H,38,44)(H,39,55)(H,40,53)(H,41,52)(H,42,54)(H,45,46)(H,47,48)(H,49,50). The molecule has 0 spiro atoms. The SMILES string of the molecule is CCCC(NC(=O)C1CCCN1C(=O)C(NC(=O)C(CCCN)NC(=O)C(CCC(=O)O)NC(=O)C(CCC(=O)O)NC(C)=O)C(C)C)C(=O)C(=O)NCC(=O)O. The number of ketones is 1. The van der Waals surface area contributed by atoms with Crippen LogP contribution in [0.5, 0.6) is 0 Å². The van der Waals surface area contributed by atoms with Gasteiger partial charge in [0.05, 0.1) is 6.04 Å². The van der Waals surface area contributed by atoms with Crippen LogP contribution in [0.2, 0.25) is 0 Å². The van der Waals surface area contributed by atoms with E-state index in [2.05, 4.69) is 26.6 Å². The summed E-state index contributed by atoms with van der Waals surface area (Å²) in [7, 11) is 0. The fourth-order valence-electron chi connectivity index (χ4n) is 5.93. The molecule has 0 aromatic rings. The van der Waals surface area contributed by atoms with E-state index in [-0.39, 0.29) is 45.2 Å². The third kappa shape index (κ3) is 17.3. The highest BCUT2D eigenvalue weighted by Crippen LogP contribution is 2.21. The van der Waals surface area contributed by atoms with E-state index in [1.165, 1.54) is 4.90 Å². The quantitative estimate of drug-likeness (QED) is 0.0392. The van der Waals surface area contributed by atoms with Crippen LogP contribution in [-0.4, -0.2) is 141 Å². The molecule has 7 amide bonds. The number of nitrogens with two attached hydrogens (primary N) is 1. The Morgan fingerprint density at radius 1 is 0.702 bits per heavy atom. The minimum absolute atomic E-state index is 0.0494. The Morgan fingerprint density at radius 2 is 1.23 bits per heavy atom. The number of hydrogen-bond acceptors (Lipinski definition) is 12. The van der Waals surface area contributed by atoms with Gasteiger partial charge >= 0.3 is 17.9 Å². The van der Waals surface area contributed by atoms with Gasteiger partial charge in [-0.05, 0) is 57.4 Å². The molecule has 22 heteroatoms. The first-order chi connectivity index (χ1) is 26.7. The van der Waals surface area contributed by atoms with Crippen molar-refractivity contribution in [1.29, 1.82) is 0 Å². The number of carboxylic acids is 3. The topological polar surface area (TPSA) is 350 Å². The summed E-state index contributed by atoms with van der Waals surface area (Å²) in [6.45, 7) is 5.42. The predicted molar refractivity (Wildman–Crippen MR) is 197 cm³/mol. The van der Waals surface area contributed by atoms with Crippen molar-refractivity contribution in [2.75, 3.05) is 19.6 Å². The summed E-state index contributed by atoms with van der Waals surface area (Å²) in [6.07, 6.45) is -0.777. The largest absolute Gasteiger partial charge is 0.481 e. The molecule has 0 aliphatic carbocycles. The number of carbonyl (C=O) groups excluding carboxylic acids is 8. The smallest absolute Gasteiger partial charge is 0.322 e. The monoisotopic (exact) mass is 812 g/mol. The zero-order valence-electron chi connectivity index (χ0n) is 32.6. The van der Waals surface area contributed by atoms with Gasteiger partial charge in [-0.3, -0.25) is 52.7 Å². The average Bonchev–Trinajstić information content (AvgIpc) is 3.63. The lowest BCUT2D eigenvalue weighted by Crippen LogP contribution is -2.60. The van der Waals surface area contributed by atoms with Crippen LogP contribution in [0.25, 0.3) is 0 Å². The predicted octanol–water partition coefficient (Wildman–Crippen LogP) is -2.88. The molecule has 0 aromatic carbocycles. The Labute approximate surface area is 329 Å². The Morgan fingerprint density at radius 3 is 1.70 bits per heavy atom. The Bertz CT molecular complexity index is 1510. The number of amides is 7. The fraction of sp³-hybridized carbons (Fsp3) is 0.686. The van der Waals surface area contributed by atoms with Crippen LogP contribution in [0.4, 0.5) is 0 Å². The summed E-state index contributed by atoms with van der Waals surface area (Å²) >= 11 is 0. The number of carbonyl (C=O) groups is 11. The van der Waals surface area contributed by atoms with Crippen molar-refractivity contribution in [3.63, 3.8) is 0 Å². The second-order valence-electron chi connectivity index (χ2n) is 13.9. The van der Waals surface area contributed by atoms with E-state index >= 15 is 0 Å². The zero-order valence-corrected chi connectivity index (χ0v) is 32.6. The van der Waals surface area contributed by atoms with E-state index in [0.29, 0.717) is 12.8 Å². The molecule has 1 aliphatic heterocycles. The first-order valence-electron chi connectivity index (χ1n) is 18.7. The van der Waals surface area contributed by atoms with Crippen LogP contribution in [0, 0.1) is 5.92 Å². The Balaban J connectivity index is 3.26. The first kappa shape index (κ1) is 49.3. The van der Waals surface area contributed by atoms with Crippen LogP contribution in [0.1, 0.15) is 91.9 Å².